The molecule has 0 spiro atoms. The van der Waals surface area contributed by atoms with Crippen LogP contribution >= 0.6 is 7.49 Å². The third kappa shape index (κ3) is 3.38. The van der Waals surface area contributed by atoms with E-state index < -0.39 is 7.49 Å². The number of benzene rings is 3. The fourth-order valence-corrected chi connectivity index (χ4v) is 7.32. The van der Waals surface area contributed by atoms with Crippen LogP contribution in [-0.4, -0.2) is 0 Å². The Morgan fingerprint density at radius 3 is 1.10 bits per heavy atom. The van der Waals surface area contributed by atoms with Crippen molar-refractivity contribution in [2.75, 3.05) is 0 Å². The van der Waals surface area contributed by atoms with Gasteiger partial charge in [-0.3, -0.25) is 0 Å². The van der Waals surface area contributed by atoms with Crippen molar-refractivity contribution in [1.29, 1.82) is 0 Å². The summed E-state index contributed by atoms with van der Waals surface area (Å²) in [6.45, 7) is 0. The highest BCUT2D eigenvalue weighted by atomic mass is 31.2. The van der Waals surface area contributed by atoms with Crippen LogP contribution in [0.5, 0.6) is 5.75 Å². The van der Waals surface area contributed by atoms with Crippen molar-refractivity contribution in [3.63, 3.8) is 0 Å². The molecule has 30 heavy (non-hydrogen) atoms. The molecule has 0 unspecified atom stereocenters. The molecule has 0 heterocycles. The molecule has 1 nitrogen and oxygen atoms in total. The second-order valence-corrected chi connectivity index (χ2v) is 10.2. The molecule has 0 saturated heterocycles. The van der Waals surface area contributed by atoms with Gasteiger partial charge in [0.15, 0.2) is 5.75 Å². The van der Waals surface area contributed by atoms with Gasteiger partial charge in [0.25, 0.3) is 7.49 Å². The van der Waals surface area contributed by atoms with E-state index in [1.54, 1.807) is 0 Å². The summed E-state index contributed by atoms with van der Waals surface area (Å²) < 4.78 is 7.09. The zero-order valence-electron chi connectivity index (χ0n) is 16.6. The molecule has 0 N–H and O–H groups in total. The van der Waals surface area contributed by atoms with Gasteiger partial charge in [-0.05, 0) is 59.7 Å². The average molecular weight is 405 g/mol. The number of fused-ring (bicyclic) bond motifs is 1. The Kier molecular flexibility index (Phi) is 5.05. The van der Waals surface area contributed by atoms with Gasteiger partial charge in [0, 0.05) is 0 Å². The van der Waals surface area contributed by atoms with Crippen LogP contribution in [0.4, 0.5) is 0 Å². The van der Waals surface area contributed by atoms with E-state index in [-0.39, 0.29) is 0 Å². The van der Waals surface area contributed by atoms with E-state index in [1.807, 2.05) is 0 Å². The lowest BCUT2D eigenvalue weighted by atomic mass is 10.2. The van der Waals surface area contributed by atoms with Gasteiger partial charge in [-0.15, -0.1) is 0 Å². The topological polar surface area (TPSA) is 9.23 Å². The smallest absolute Gasteiger partial charge is 0.287 e. The monoisotopic (exact) mass is 405 g/mol. The zero-order valence-corrected chi connectivity index (χ0v) is 17.5. The van der Waals surface area contributed by atoms with Crippen LogP contribution in [0.1, 0.15) is 0 Å². The molecule has 0 radical (unpaired) electrons. The summed E-state index contributed by atoms with van der Waals surface area (Å²) in [6.07, 6.45) is 0. The Labute approximate surface area is 178 Å². The minimum atomic E-state index is -2.35. The predicted molar refractivity (Wildman–Crippen MR) is 129 cm³/mol. The first-order valence-corrected chi connectivity index (χ1v) is 11.8. The van der Waals surface area contributed by atoms with E-state index in [1.165, 1.54) is 27.0 Å². The van der Waals surface area contributed by atoms with Crippen molar-refractivity contribution >= 4 is 23.4 Å². The summed E-state index contributed by atoms with van der Waals surface area (Å²) in [6, 6.07) is 46.7. The van der Waals surface area contributed by atoms with Crippen LogP contribution < -0.4 is 20.4 Å². The van der Waals surface area contributed by atoms with Crippen LogP contribution in [0.2, 0.25) is 0 Å². The van der Waals surface area contributed by atoms with Gasteiger partial charge < -0.3 is 4.52 Å². The van der Waals surface area contributed by atoms with Crippen LogP contribution in [0.15, 0.2) is 133 Å². The Hall–Kier alpha value is -3.41. The van der Waals surface area contributed by atoms with Crippen molar-refractivity contribution in [1.82, 2.24) is 0 Å². The number of hydrogen-bond donors (Lipinski definition) is 0. The van der Waals surface area contributed by atoms with Gasteiger partial charge >= 0.3 is 0 Å². The molecule has 0 aromatic heterocycles. The van der Waals surface area contributed by atoms with E-state index in [9.17, 15) is 0 Å². The summed E-state index contributed by atoms with van der Waals surface area (Å²) in [5.74, 6) is 0.904. The van der Waals surface area contributed by atoms with E-state index in [4.69, 9.17) is 4.52 Å². The standard InChI is InChI=1S/C28H22OP/c1-5-13-23-21-25(22-24(23)14-6-1)29-30(26-15-7-2-8-16-26,27-17-9-3-10-18-27)28-19-11-4-12-20-28/h1-22H/q+1. The lowest BCUT2D eigenvalue weighted by Gasteiger charge is -2.25. The van der Waals surface area contributed by atoms with Gasteiger partial charge in [0.05, 0.1) is 0 Å². The molecule has 3 aromatic carbocycles. The maximum atomic E-state index is 7.09. The quantitative estimate of drug-likeness (QED) is 0.322. The highest BCUT2D eigenvalue weighted by Gasteiger charge is 2.49. The summed E-state index contributed by atoms with van der Waals surface area (Å²) >= 11 is 0. The molecule has 3 aromatic rings. The van der Waals surface area contributed by atoms with Gasteiger partial charge in [0.2, 0.25) is 0 Å². The molecule has 5 rings (SSSR count). The van der Waals surface area contributed by atoms with E-state index in [0.717, 1.165) is 5.75 Å². The Bertz CT molecular complexity index is 1080. The third-order valence-electron chi connectivity index (χ3n) is 5.30. The maximum Gasteiger partial charge on any atom is 0.287 e. The average Bonchev–Trinajstić information content (AvgIpc) is 3.07. The van der Waals surface area contributed by atoms with Gasteiger partial charge in [-0.1, -0.05) is 84.9 Å². The Balaban J connectivity index is 1.76. The van der Waals surface area contributed by atoms with E-state index >= 15 is 0 Å². The Morgan fingerprint density at radius 2 is 0.733 bits per heavy atom. The molecule has 0 atom stereocenters. The molecule has 0 saturated carbocycles. The first-order chi connectivity index (χ1) is 14.9. The summed E-state index contributed by atoms with van der Waals surface area (Å²) in [5.41, 5.74) is 2.37. The van der Waals surface area contributed by atoms with Crippen molar-refractivity contribution in [3.05, 3.63) is 133 Å². The molecule has 0 aliphatic heterocycles. The predicted octanol–water partition coefficient (Wildman–Crippen LogP) is 6.08. The summed E-state index contributed by atoms with van der Waals surface area (Å²) in [5, 5.41) is 3.62. The number of hydrogen-bond acceptors (Lipinski definition) is 1. The highest BCUT2D eigenvalue weighted by Crippen LogP contribution is 2.56. The lowest BCUT2D eigenvalue weighted by Crippen LogP contribution is -2.34. The minimum absolute atomic E-state index is 0.904. The zero-order chi connectivity index (χ0) is 20.2. The maximum absolute atomic E-state index is 7.09. The van der Waals surface area contributed by atoms with Gasteiger partial charge in [0.1, 0.15) is 15.9 Å². The van der Waals surface area contributed by atoms with Crippen LogP contribution in [-0.2, 0) is 0 Å². The molecule has 0 fully saturated rings. The molecule has 2 heteroatoms. The first kappa shape index (κ1) is 18.6. The van der Waals surface area contributed by atoms with Gasteiger partial charge in [-0.25, -0.2) is 0 Å². The number of rotatable bonds is 5. The molecule has 0 amide bonds. The fraction of sp³-hybridized carbons (Fsp3) is 0. The van der Waals surface area contributed by atoms with Crippen molar-refractivity contribution in [3.8, 4) is 16.9 Å². The SMILES string of the molecule is c1ccc2cc(O[P+](c3ccccc3)(c3ccccc3)c3ccccc3)cc-2cc1. The molecule has 144 valence electrons. The summed E-state index contributed by atoms with van der Waals surface area (Å²) in [7, 11) is -2.35. The van der Waals surface area contributed by atoms with Crippen molar-refractivity contribution < 1.29 is 4.52 Å². The van der Waals surface area contributed by atoms with Crippen LogP contribution in [0.25, 0.3) is 11.1 Å². The molecule has 2 aliphatic rings. The fourth-order valence-electron chi connectivity index (χ4n) is 3.92. The first-order valence-electron chi connectivity index (χ1n) is 10.1. The normalized spacial score (nSPS) is 11.3. The summed E-state index contributed by atoms with van der Waals surface area (Å²) in [4.78, 5) is 0. The Morgan fingerprint density at radius 1 is 0.400 bits per heavy atom. The second-order valence-electron chi connectivity index (χ2n) is 7.22. The lowest BCUT2D eigenvalue weighted by molar-refractivity contribution is 0.623. The van der Waals surface area contributed by atoms with Crippen molar-refractivity contribution in [2.24, 2.45) is 0 Å². The third-order valence-corrected chi connectivity index (χ3v) is 8.87. The minimum Gasteiger partial charge on any atom is -0.334 e. The molecule has 2 aliphatic carbocycles. The van der Waals surface area contributed by atoms with Gasteiger partial charge in [-0.2, -0.15) is 0 Å². The molecule has 0 bridgehead atoms. The van der Waals surface area contributed by atoms with Crippen LogP contribution in [0, 0.1) is 0 Å². The van der Waals surface area contributed by atoms with Crippen LogP contribution in [0.3, 0.4) is 0 Å². The van der Waals surface area contributed by atoms with E-state index in [2.05, 4.69) is 133 Å². The highest BCUT2D eigenvalue weighted by molar-refractivity contribution is 7.92. The second kappa shape index (κ2) is 8.14. The van der Waals surface area contributed by atoms with Crippen molar-refractivity contribution in [2.45, 2.75) is 0 Å². The van der Waals surface area contributed by atoms with E-state index in [0.29, 0.717) is 0 Å². The molecular formula is C28H22OP+. The molecular weight excluding hydrogens is 383 g/mol. The largest absolute Gasteiger partial charge is 0.334 e.